The first-order valence-corrected chi connectivity index (χ1v) is 17.3. The van der Waals surface area contributed by atoms with Crippen LogP contribution in [0.5, 0.6) is 0 Å². The number of hydrogen-bond acceptors (Lipinski definition) is 4. The average Bonchev–Trinajstić information content (AvgIpc) is 3.02. The first-order chi connectivity index (χ1) is 21.5. The quantitative estimate of drug-likeness (QED) is 0.166. The molecule has 0 aliphatic heterocycles. The number of benzene rings is 4. The maximum absolute atomic E-state index is 14.5. The number of nitrogens with zero attached hydrogens (tertiary/aromatic N) is 2. The number of amides is 2. The van der Waals surface area contributed by atoms with Crippen molar-refractivity contribution in [1.82, 2.24) is 10.2 Å². The van der Waals surface area contributed by atoms with Gasteiger partial charge in [0.1, 0.15) is 12.6 Å². The SMILES string of the molecule is CCNC(=O)[C@H](Cc1ccccc1)N(Cc1cccc(Br)c1)C(=O)CN(c1ccc(C(C)C)cc1)S(=O)(=O)c1ccc(C)cc1. The van der Waals surface area contributed by atoms with Crippen molar-refractivity contribution < 1.29 is 18.0 Å². The fraction of sp³-hybridized carbons (Fsp3) is 0.278. The number of carbonyl (C=O) groups excluding carboxylic acids is 2. The molecule has 0 saturated heterocycles. The molecule has 0 saturated carbocycles. The molecule has 0 heterocycles. The van der Waals surface area contributed by atoms with Crippen LogP contribution < -0.4 is 9.62 Å². The molecule has 0 radical (unpaired) electrons. The van der Waals surface area contributed by atoms with Gasteiger partial charge in [-0.3, -0.25) is 13.9 Å². The highest BCUT2D eigenvalue weighted by Crippen LogP contribution is 2.27. The van der Waals surface area contributed by atoms with Gasteiger partial charge in [0, 0.05) is 24.0 Å². The van der Waals surface area contributed by atoms with E-state index in [4.69, 9.17) is 0 Å². The number of nitrogens with one attached hydrogen (secondary N) is 1. The molecule has 236 valence electrons. The van der Waals surface area contributed by atoms with Crippen LogP contribution in [0, 0.1) is 6.92 Å². The van der Waals surface area contributed by atoms with Crippen molar-refractivity contribution in [2.75, 3.05) is 17.4 Å². The number of hydrogen-bond donors (Lipinski definition) is 1. The lowest BCUT2D eigenvalue weighted by Gasteiger charge is -2.34. The Morgan fingerprint density at radius 1 is 0.844 bits per heavy atom. The Morgan fingerprint density at radius 2 is 1.49 bits per heavy atom. The monoisotopic (exact) mass is 689 g/mol. The number of rotatable bonds is 13. The molecule has 2 amide bonds. The molecule has 4 aromatic carbocycles. The molecule has 45 heavy (non-hydrogen) atoms. The van der Waals surface area contributed by atoms with Crippen molar-refractivity contribution in [1.29, 1.82) is 0 Å². The first kappa shape index (κ1) is 33.9. The van der Waals surface area contributed by atoms with Crippen molar-refractivity contribution in [3.63, 3.8) is 0 Å². The Bertz CT molecular complexity index is 1690. The van der Waals surface area contributed by atoms with Crippen LogP contribution in [-0.2, 0) is 32.6 Å². The molecule has 0 aliphatic carbocycles. The van der Waals surface area contributed by atoms with Crippen LogP contribution in [0.3, 0.4) is 0 Å². The van der Waals surface area contributed by atoms with Gasteiger partial charge in [0.2, 0.25) is 11.8 Å². The van der Waals surface area contributed by atoms with E-state index in [9.17, 15) is 18.0 Å². The Kier molecular flexibility index (Phi) is 11.6. The number of sulfonamides is 1. The fourth-order valence-electron chi connectivity index (χ4n) is 5.07. The molecule has 1 N–H and O–H groups in total. The van der Waals surface area contributed by atoms with E-state index >= 15 is 0 Å². The maximum Gasteiger partial charge on any atom is 0.264 e. The van der Waals surface area contributed by atoms with Gasteiger partial charge in [-0.15, -0.1) is 0 Å². The second kappa shape index (κ2) is 15.4. The van der Waals surface area contributed by atoms with Crippen molar-refractivity contribution in [3.8, 4) is 0 Å². The average molecular weight is 691 g/mol. The predicted molar refractivity (Wildman–Crippen MR) is 184 cm³/mol. The number of likely N-dealkylation sites (N-methyl/N-ethyl adjacent to an activating group) is 1. The lowest BCUT2D eigenvalue weighted by Crippen LogP contribution is -2.53. The summed E-state index contributed by atoms with van der Waals surface area (Å²) in [5, 5.41) is 2.89. The van der Waals surface area contributed by atoms with Crippen molar-refractivity contribution in [3.05, 3.63) is 130 Å². The summed E-state index contributed by atoms with van der Waals surface area (Å²) in [6.45, 7) is 7.85. The largest absolute Gasteiger partial charge is 0.355 e. The Balaban J connectivity index is 1.80. The summed E-state index contributed by atoms with van der Waals surface area (Å²) in [7, 11) is -4.15. The third-order valence-electron chi connectivity index (χ3n) is 7.60. The zero-order valence-corrected chi connectivity index (χ0v) is 28.5. The summed E-state index contributed by atoms with van der Waals surface area (Å²) in [4.78, 5) is 29.7. The summed E-state index contributed by atoms with van der Waals surface area (Å²) in [6.07, 6.45) is 0.264. The van der Waals surface area contributed by atoms with Gasteiger partial charge in [0.25, 0.3) is 10.0 Å². The second-order valence-electron chi connectivity index (χ2n) is 11.3. The third kappa shape index (κ3) is 8.83. The maximum atomic E-state index is 14.5. The molecule has 4 rings (SSSR count). The minimum atomic E-state index is -4.15. The van der Waals surface area contributed by atoms with Gasteiger partial charge in [0.15, 0.2) is 0 Å². The van der Waals surface area contributed by atoms with Gasteiger partial charge in [-0.1, -0.05) is 102 Å². The van der Waals surface area contributed by atoms with Gasteiger partial charge in [-0.2, -0.15) is 0 Å². The predicted octanol–water partition coefficient (Wildman–Crippen LogP) is 6.85. The van der Waals surface area contributed by atoms with E-state index in [1.54, 1.807) is 36.4 Å². The normalized spacial score (nSPS) is 12.0. The molecule has 0 fully saturated rings. The van der Waals surface area contributed by atoms with E-state index in [0.717, 1.165) is 31.0 Å². The standard InChI is InChI=1S/C36H40BrN3O4S/c1-5-38-36(42)34(23-28-10-7-6-8-11-28)39(24-29-12-9-13-31(37)22-29)35(41)25-40(32-18-16-30(17-19-32)26(2)3)45(43,44)33-20-14-27(4)15-21-33/h6-22,26,34H,5,23-25H2,1-4H3,(H,38,42)/t34-/m0/s1. The highest BCUT2D eigenvalue weighted by atomic mass is 79.9. The van der Waals surface area contributed by atoms with E-state index < -0.39 is 28.5 Å². The summed E-state index contributed by atoms with van der Waals surface area (Å²) in [6, 6.07) is 30.0. The van der Waals surface area contributed by atoms with Crippen LogP contribution in [-0.4, -0.2) is 44.3 Å². The smallest absolute Gasteiger partial charge is 0.264 e. The summed E-state index contributed by atoms with van der Waals surface area (Å²) in [5.41, 5.74) is 4.02. The van der Waals surface area contributed by atoms with E-state index in [2.05, 4.69) is 35.1 Å². The molecule has 0 aliphatic rings. The number of carbonyl (C=O) groups is 2. The van der Waals surface area contributed by atoms with Crippen LogP contribution in [0.1, 0.15) is 48.9 Å². The molecule has 9 heteroatoms. The molecule has 0 unspecified atom stereocenters. The molecular formula is C36H40BrN3O4S. The molecule has 7 nitrogen and oxygen atoms in total. The van der Waals surface area contributed by atoms with Gasteiger partial charge in [0.05, 0.1) is 10.6 Å². The lowest BCUT2D eigenvalue weighted by molar-refractivity contribution is -0.140. The first-order valence-electron chi connectivity index (χ1n) is 15.0. The molecule has 4 aromatic rings. The van der Waals surface area contributed by atoms with Crippen molar-refractivity contribution in [2.24, 2.45) is 0 Å². The number of anilines is 1. The Labute approximate surface area is 275 Å². The highest BCUT2D eigenvalue weighted by Gasteiger charge is 2.34. The topological polar surface area (TPSA) is 86.8 Å². The van der Waals surface area contributed by atoms with E-state index in [1.807, 2.05) is 80.6 Å². The molecular weight excluding hydrogens is 650 g/mol. The highest BCUT2D eigenvalue weighted by molar-refractivity contribution is 9.10. The molecule has 0 aromatic heterocycles. The Morgan fingerprint density at radius 3 is 2.09 bits per heavy atom. The van der Waals surface area contributed by atoms with Crippen LogP contribution in [0.15, 0.2) is 112 Å². The second-order valence-corrected chi connectivity index (χ2v) is 14.1. The molecule has 0 spiro atoms. The molecule has 0 bridgehead atoms. The van der Waals surface area contributed by atoms with Gasteiger partial charge >= 0.3 is 0 Å². The molecule has 1 atom stereocenters. The Hall–Kier alpha value is -3.95. The van der Waals surface area contributed by atoms with Crippen LogP contribution in [0.25, 0.3) is 0 Å². The van der Waals surface area contributed by atoms with E-state index in [1.165, 1.54) is 4.90 Å². The fourth-order valence-corrected chi connectivity index (χ4v) is 6.93. The van der Waals surface area contributed by atoms with Crippen LogP contribution >= 0.6 is 15.9 Å². The van der Waals surface area contributed by atoms with Gasteiger partial charge in [-0.25, -0.2) is 8.42 Å². The van der Waals surface area contributed by atoms with E-state index in [-0.39, 0.29) is 29.7 Å². The zero-order chi connectivity index (χ0) is 32.6. The number of aryl methyl sites for hydroxylation is 1. The summed E-state index contributed by atoms with van der Waals surface area (Å²) < 4.78 is 30.4. The van der Waals surface area contributed by atoms with Gasteiger partial charge in [-0.05, 0) is 72.9 Å². The minimum absolute atomic E-state index is 0.0805. The zero-order valence-electron chi connectivity index (χ0n) is 26.1. The van der Waals surface area contributed by atoms with E-state index in [0.29, 0.717) is 12.2 Å². The summed E-state index contributed by atoms with van der Waals surface area (Å²) >= 11 is 3.51. The van der Waals surface area contributed by atoms with Crippen LogP contribution in [0.2, 0.25) is 0 Å². The summed E-state index contributed by atoms with van der Waals surface area (Å²) in [5.74, 6) is -0.552. The van der Waals surface area contributed by atoms with Crippen molar-refractivity contribution >= 4 is 43.5 Å². The number of halogens is 1. The van der Waals surface area contributed by atoms with Gasteiger partial charge < -0.3 is 10.2 Å². The third-order valence-corrected chi connectivity index (χ3v) is 9.88. The van der Waals surface area contributed by atoms with Crippen LogP contribution in [0.4, 0.5) is 5.69 Å². The lowest BCUT2D eigenvalue weighted by atomic mass is 10.0. The van der Waals surface area contributed by atoms with Crippen molar-refractivity contribution in [2.45, 2.75) is 57.5 Å². The minimum Gasteiger partial charge on any atom is -0.355 e.